The molecular formula is C17H25NO4. The molecule has 22 heavy (non-hydrogen) atoms. The van der Waals surface area contributed by atoms with Crippen molar-refractivity contribution in [3.05, 3.63) is 29.3 Å². The van der Waals surface area contributed by atoms with E-state index in [0.717, 1.165) is 11.1 Å². The predicted molar refractivity (Wildman–Crippen MR) is 85.0 cm³/mol. The lowest BCUT2D eigenvalue weighted by Gasteiger charge is -2.23. The number of carbonyl (C=O) groups is 2. The smallest absolute Gasteiger partial charge is 0.326 e. The Labute approximate surface area is 131 Å². The number of carbonyl (C=O) groups excluding carboxylic acids is 1. The number of hydrogen-bond donors (Lipinski definition) is 2. The van der Waals surface area contributed by atoms with Gasteiger partial charge in [0.25, 0.3) is 5.91 Å². The topological polar surface area (TPSA) is 75.6 Å². The van der Waals surface area contributed by atoms with Crippen molar-refractivity contribution in [2.45, 2.75) is 53.2 Å². The summed E-state index contributed by atoms with van der Waals surface area (Å²) in [6, 6.07) is 4.73. The van der Waals surface area contributed by atoms with Crippen molar-refractivity contribution < 1.29 is 19.4 Å². The largest absolute Gasteiger partial charge is 0.481 e. The van der Waals surface area contributed by atoms with Gasteiger partial charge in [0.1, 0.15) is 11.8 Å². The van der Waals surface area contributed by atoms with Gasteiger partial charge in [-0.15, -0.1) is 0 Å². The van der Waals surface area contributed by atoms with E-state index < -0.39 is 24.0 Å². The van der Waals surface area contributed by atoms with E-state index in [1.54, 1.807) is 19.9 Å². The molecule has 0 bridgehead atoms. The van der Waals surface area contributed by atoms with Crippen LogP contribution in [-0.4, -0.2) is 29.1 Å². The zero-order valence-corrected chi connectivity index (χ0v) is 13.8. The lowest BCUT2D eigenvalue weighted by molar-refractivity contribution is -0.144. The summed E-state index contributed by atoms with van der Waals surface area (Å²) in [6.07, 6.45) is -0.0878. The number of aryl methyl sites for hydroxylation is 1. The Hall–Kier alpha value is -2.04. The van der Waals surface area contributed by atoms with E-state index in [-0.39, 0.29) is 5.92 Å². The normalized spacial score (nSPS) is 14.8. The summed E-state index contributed by atoms with van der Waals surface area (Å²) in [6.45, 7) is 9.20. The summed E-state index contributed by atoms with van der Waals surface area (Å²) in [5, 5.41) is 11.8. The van der Waals surface area contributed by atoms with Crippen LogP contribution in [0.3, 0.4) is 0 Å². The van der Waals surface area contributed by atoms with Crippen LogP contribution in [0, 0.1) is 19.8 Å². The molecule has 122 valence electrons. The van der Waals surface area contributed by atoms with Crippen molar-refractivity contribution in [1.82, 2.24) is 5.32 Å². The second-order valence-electron chi connectivity index (χ2n) is 5.67. The average molecular weight is 307 g/mol. The number of rotatable bonds is 7. The first-order valence-corrected chi connectivity index (χ1v) is 7.54. The SMILES string of the molecule is CCC(C)C(NC(=O)C(C)Oc1cccc(C)c1C)C(=O)O. The Morgan fingerprint density at radius 3 is 2.45 bits per heavy atom. The molecule has 0 aliphatic heterocycles. The van der Waals surface area contributed by atoms with E-state index in [2.05, 4.69) is 5.32 Å². The van der Waals surface area contributed by atoms with Gasteiger partial charge in [-0.2, -0.15) is 0 Å². The molecule has 0 radical (unpaired) electrons. The number of aliphatic carboxylic acids is 1. The van der Waals surface area contributed by atoms with Crippen molar-refractivity contribution in [1.29, 1.82) is 0 Å². The molecule has 0 heterocycles. The second kappa shape index (κ2) is 7.82. The molecule has 0 aliphatic carbocycles. The van der Waals surface area contributed by atoms with Gasteiger partial charge in [0.15, 0.2) is 6.10 Å². The molecule has 1 amide bonds. The van der Waals surface area contributed by atoms with Gasteiger partial charge in [-0.1, -0.05) is 32.4 Å². The fourth-order valence-electron chi connectivity index (χ4n) is 2.05. The summed E-state index contributed by atoms with van der Waals surface area (Å²) in [4.78, 5) is 23.4. The molecule has 1 aromatic carbocycles. The molecule has 3 unspecified atom stereocenters. The van der Waals surface area contributed by atoms with Gasteiger partial charge in [0.2, 0.25) is 0 Å². The lowest BCUT2D eigenvalue weighted by Crippen LogP contribution is -2.49. The van der Waals surface area contributed by atoms with Gasteiger partial charge in [-0.25, -0.2) is 4.79 Å². The molecule has 5 nitrogen and oxygen atoms in total. The number of amides is 1. The first-order valence-electron chi connectivity index (χ1n) is 7.54. The van der Waals surface area contributed by atoms with Crippen LogP contribution < -0.4 is 10.1 Å². The van der Waals surface area contributed by atoms with Crippen LogP contribution in [0.4, 0.5) is 0 Å². The van der Waals surface area contributed by atoms with Crippen LogP contribution in [0.5, 0.6) is 5.75 Å². The van der Waals surface area contributed by atoms with Gasteiger partial charge >= 0.3 is 5.97 Å². The Morgan fingerprint density at radius 2 is 1.91 bits per heavy atom. The molecule has 1 rings (SSSR count). The van der Waals surface area contributed by atoms with E-state index in [4.69, 9.17) is 4.74 Å². The van der Waals surface area contributed by atoms with E-state index >= 15 is 0 Å². The highest BCUT2D eigenvalue weighted by Gasteiger charge is 2.28. The number of ether oxygens (including phenoxy) is 1. The molecule has 2 N–H and O–H groups in total. The average Bonchev–Trinajstić information content (AvgIpc) is 2.47. The van der Waals surface area contributed by atoms with Crippen LogP contribution in [0.15, 0.2) is 18.2 Å². The highest BCUT2D eigenvalue weighted by molar-refractivity contribution is 5.86. The minimum absolute atomic E-state index is 0.144. The molecule has 3 atom stereocenters. The third-order valence-corrected chi connectivity index (χ3v) is 4.00. The summed E-state index contributed by atoms with van der Waals surface area (Å²) in [5.74, 6) is -0.956. The maximum Gasteiger partial charge on any atom is 0.326 e. The summed E-state index contributed by atoms with van der Waals surface area (Å²) in [7, 11) is 0. The van der Waals surface area contributed by atoms with Crippen molar-refractivity contribution in [2.75, 3.05) is 0 Å². The minimum Gasteiger partial charge on any atom is -0.481 e. The first kappa shape index (κ1) is 18.0. The monoisotopic (exact) mass is 307 g/mol. The molecule has 0 fully saturated rings. The quantitative estimate of drug-likeness (QED) is 0.812. The van der Waals surface area contributed by atoms with Crippen molar-refractivity contribution in [3.8, 4) is 5.75 Å². The van der Waals surface area contributed by atoms with Gasteiger partial charge in [-0.05, 0) is 43.9 Å². The van der Waals surface area contributed by atoms with Crippen LogP contribution >= 0.6 is 0 Å². The van der Waals surface area contributed by atoms with Crippen molar-refractivity contribution in [3.63, 3.8) is 0 Å². The van der Waals surface area contributed by atoms with Crippen LogP contribution in [0.25, 0.3) is 0 Å². The highest BCUT2D eigenvalue weighted by Crippen LogP contribution is 2.21. The molecular weight excluding hydrogens is 282 g/mol. The van der Waals surface area contributed by atoms with E-state index in [0.29, 0.717) is 12.2 Å². The van der Waals surface area contributed by atoms with E-state index in [9.17, 15) is 14.7 Å². The molecule has 0 saturated carbocycles. The van der Waals surface area contributed by atoms with Gasteiger partial charge < -0.3 is 15.2 Å². The van der Waals surface area contributed by atoms with Crippen molar-refractivity contribution >= 4 is 11.9 Å². The Bertz CT molecular complexity index is 541. The number of carboxylic acid groups (broad SMARTS) is 1. The minimum atomic E-state index is -1.03. The molecule has 0 aromatic heterocycles. The fourth-order valence-corrected chi connectivity index (χ4v) is 2.05. The Morgan fingerprint density at radius 1 is 1.27 bits per heavy atom. The Balaban J connectivity index is 2.76. The fraction of sp³-hybridized carbons (Fsp3) is 0.529. The molecule has 0 spiro atoms. The third-order valence-electron chi connectivity index (χ3n) is 4.00. The number of hydrogen-bond acceptors (Lipinski definition) is 3. The second-order valence-corrected chi connectivity index (χ2v) is 5.67. The van der Waals surface area contributed by atoms with Crippen LogP contribution in [0.2, 0.25) is 0 Å². The van der Waals surface area contributed by atoms with Gasteiger partial charge in [-0.3, -0.25) is 4.79 Å². The molecule has 0 aliphatic rings. The molecule has 1 aromatic rings. The predicted octanol–water partition coefficient (Wildman–Crippen LogP) is 2.69. The zero-order valence-electron chi connectivity index (χ0n) is 13.8. The van der Waals surface area contributed by atoms with Gasteiger partial charge in [0.05, 0.1) is 0 Å². The standard InChI is InChI=1S/C17H25NO4/c1-6-10(2)15(17(20)21)18-16(19)13(5)22-14-9-7-8-11(3)12(14)4/h7-10,13,15H,6H2,1-5H3,(H,18,19)(H,20,21). The number of nitrogens with one attached hydrogen (secondary N) is 1. The molecule has 5 heteroatoms. The summed E-state index contributed by atoms with van der Waals surface area (Å²) in [5.41, 5.74) is 2.05. The maximum atomic E-state index is 12.2. The first-order chi connectivity index (χ1) is 10.3. The van der Waals surface area contributed by atoms with E-state index in [1.165, 1.54) is 0 Å². The number of carboxylic acids is 1. The number of benzene rings is 1. The summed E-state index contributed by atoms with van der Waals surface area (Å²) >= 11 is 0. The van der Waals surface area contributed by atoms with Crippen LogP contribution in [-0.2, 0) is 9.59 Å². The summed E-state index contributed by atoms with van der Waals surface area (Å²) < 4.78 is 5.68. The highest BCUT2D eigenvalue weighted by atomic mass is 16.5. The lowest BCUT2D eigenvalue weighted by atomic mass is 9.99. The van der Waals surface area contributed by atoms with E-state index in [1.807, 2.05) is 32.9 Å². The van der Waals surface area contributed by atoms with Gasteiger partial charge in [0, 0.05) is 0 Å². The third kappa shape index (κ3) is 4.48. The van der Waals surface area contributed by atoms with Crippen molar-refractivity contribution in [2.24, 2.45) is 5.92 Å². The Kier molecular flexibility index (Phi) is 6.40. The maximum absolute atomic E-state index is 12.2. The zero-order chi connectivity index (χ0) is 16.9. The van der Waals surface area contributed by atoms with Crippen LogP contribution in [0.1, 0.15) is 38.3 Å². The molecule has 0 saturated heterocycles.